The smallest absolute Gasteiger partial charge is 0.219 e. The van der Waals surface area contributed by atoms with E-state index in [-0.39, 0.29) is 5.91 Å². The maximum absolute atomic E-state index is 11.4. The highest BCUT2D eigenvalue weighted by Crippen LogP contribution is 2.15. The minimum Gasteiger partial charge on any atom is -0.383 e. The molecule has 0 aromatic rings. The quantitative estimate of drug-likeness (QED) is 0.731. The Morgan fingerprint density at radius 2 is 2.12 bits per heavy atom. The lowest BCUT2D eigenvalue weighted by atomic mass is 9.97. The fraction of sp³-hybridized carbons (Fsp3) is 0.923. The van der Waals surface area contributed by atoms with Crippen molar-refractivity contribution >= 4 is 5.91 Å². The predicted octanol–water partition coefficient (Wildman–Crippen LogP) is 1.26. The van der Waals surface area contributed by atoms with Crippen LogP contribution >= 0.6 is 0 Å². The lowest BCUT2D eigenvalue weighted by Gasteiger charge is -2.31. The Kier molecular flexibility index (Phi) is 7.21. The molecule has 1 saturated heterocycles. The van der Waals surface area contributed by atoms with E-state index in [2.05, 4.69) is 10.2 Å². The molecule has 1 N–H and O–H groups in total. The molecule has 0 atom stereocenters. The lowest BCUT2D eigenvalue weighted by Crippen LogP contribution is -2.39. The molecule has 4 heteroatoms. The molecule has 1 amide bonds. The fourth-order valence-electron chi connectivity index (χ4n) is 2.21. The average molecular weight is 242 g/mol. The molecule has 0 aromatic heterocycles. The summed E-state index contributed by atoms with van der Waals surface area (Å²) in [6.45, 7) is 7.02. The second-order valence-electron chi connectivity index (χ2n) is 4.83. The van der Waals surface area contributed by atoms with Crippen LogP contribution in [0.25, 0.3) is 0 Å². The highest BCUT2D eigenvalue weighted by molar-refractivity contribution is 5.75. The van der Waals surface area contributed by atoms with E-state index in [4.69, 9.17) is 4.74 Å². The van der Waals surface area contributed by atoms with Crippen molar-refractivity contribution in [2.24, 2.45) is 5.92 Å². The molecule has 1 heterocycles. The van der Waals surface area contributed by atoms with E-state index >= 15 is 0 Å². The highest BCUT2D eigenvalue weighted by atomic mass is 16.5. The number of hydrogen-bond acceptors (Lipinski definition) is 3. The first-order valence-electron chi connectivity index (χ1n) is 6.74. The van der Waals surface area contributed by atoms with Crippen molar-refractivity contribution in [3.8, 4) is 0 Å². The Bertz CT molecular complexity index is 213. The molecule has 0 spiro atoms. The molecule has 17 heavy (non-hydrogen) atoms. The SMILES string of the molecule is CCCC(=O)NCC1CCN(CCOC)CC1. The molecule has 0 saturated carbocycles. The summed E-state index contributed by atoms with van der Waals surface area (Å²) in [5.41, 5.74) is 0. The van der Waals surface area contributed by atoms with Crippen LogP contribution in [-0.2, 0) is 9.53 Å². The van der Waals surface area contributed by atoms with Gasteiger partial charge in [0.1, 0.15) is 0 Å². The summed E-state index contributed by atoms with van der Waals surface area (Å²) in [6.07, 6.45) is 3.97. The molecule has 4 nitrogen and oxygen atoms in total. The van der Waals surface area contributed by atoms with Crippen LogP contribution in [0.1, 0.15) is 32.6 Å². The molecular weight excluding hydrogens is 216 g/mol. The number of likely N-dealkylation sites (tertiary alicyclic amines) is 1. The predicted molar refractivity (Wildman–Crippen MR) is 69.0 cm³/mol. The van der Waals surface area contributed by atoms with Gasteiger partial charge in [0.25, 0.3) is 0 Å². The van der Waals surface area contributed by atoms with Crippen LogP contribution in [0, 0.1) is 5.92 Å². The van der Waals surface area contributed by atoms with Gasteiger partial charge in [0.15, 0.2) is 0 Å². The minimum absolute atomic E-state index is 0.203. The summed E-state index contributed by atoms with van der Waals surface area (Å²) in [6, 6.07) is 0. The largest absolute Gasteiger partial charge is 0.383 e. The number of nitrogens with zero attached hydrogens (tertiary/aromatic N) is 1. The Morgan fingerprint density at radius 3 is 2.71 bits per heavy atom. The molecular formula is C13H26N2O2. The first kappa shape index (κ1) is 14.5. The van der Waals surface area contributed by atoms with Gasteiger partial charge in [-0.25, -0.2) is 0 Å². The van der Waals surface area contributed by atoms with Crippen LogP contribution in [0.15, 0.2) is 0 Å². The lowest BCUT2D eigenvalue weighted by molar-refractivity contribution is -0.121. The number of hydrogen-bond donors (Lipinski definition) is 1. The van der Waals surface area contributed by atoms with Crippen LogP contribution < -0.4 is 5.32 Å². The number of ether oxygens (including phenoxy) is 1. The average Bonchev–Trinajstić information content (AvgIpc) is 2.35. The zero-order valence-electron chi connectivity index (χ0n) is 11.2. The summed E-state index contributed by atoms with van der Waals surface area (Å²) >= 11 is 0. The van der Waals surface area contributed by atoms with E-state index in [1.54, 1.807) is 7.11 Å². The van der Waals surface area contributed by atoms with Gasteiger partial charge >= 0.3 is 0 Å². The molecule has 0 aromatic carbocycles. The molecule has 1 rings (SSSR count). The summed E-state index contributed by atoms with van der Waals surface area (Å²) in [7, 11) is 1.75. The van der Waals surface area contributed by atoms with Crippen molar-refractivity contribution in [1.82, 2.24) is 10.2 Å². The Morgan fingerprint density at radius 1 is 1.41 bits per heavy atom. The third-order valence-corrected chi connectivity index (χ3v) is 3.38. The number of piperidine rings is 1. The van der Waals surface area contributed by atoms with Gasteiger partial charge < -0.3 is 15.0 Å². The number of amides is 1. The van der Waals surface area contributed by atoms with Crippen molar-refractivity contribution in [1.29, 1.82) is 0 Å². The van der Waals surface area contributed by atoms with Gasteiger partial charge in [0.05, 0.1) is 6.61 Å². The van der Waals surface area contributed by atoms with Crippen molar-refractivity contribution in [2.45, 2.75) is 32.6 Å². The van der Waals surface area contributed by atoms with E-state index in [0.29, 0.717) is 12.3 Å². The van der Waals surface area contributed by atoms with Gasteiger partial charge in [0, 0.05) is 26.6 Å². The first-order valence-corrected chi connectivity index (χ1v) is 6.74. The monoisotopic (exact) mass is 242 g/mol. The maximum atomic E-state index is 11.4. The van der Waals surface area contributed by atoms with Crippen LogP contribution in [0.3, 0.4) is 0 Å². The topological polar surface area (TPSA) is 41.6 Å². The van der Waals surface area contributed by atoms with E-state index in [1.807, 2.05) is 6.92 Å². The normalized spacial score (nSPS) is 18.2. The van der Waals surface area contributed by atoms with Crippen LogP contribution in [0.2, 0.25) is 0 Å². The Labute approximate surface area is 105 Å². The first-order chi connectivity index (χ1) is 8.26. The van der Waals surface area contributed by atoms with Gasteiger partial charge in [-0.2, -0.15) is 0 Å². The number of nitrogens with one attached hydrogen (secondary N) is 1. The molecule has 0 aliphatic carbocycles. The molecule has 100 valence electrons. The molecule has 0 unspecified atom stereocenters. The van der Waals surface area contributed by atoms with Crippen molar-refractivity contribution < 1.29 is 9.53 Å². The molecule has 1 aliphatic heterocycles. The Hall–Kier alpha value is -0.610. The maximum Gasteiger partial charge on any atom is 0.219 e. The van der Waals surface area contributed by atoms with E-state index in [9.17, 15) is 4.79 Å². The Balaban J connectivity index is 2.08. The van der Waals surface area contributed by atoms with E-state index in [0.717, 1.165) is 39.2 Å². The molecule has 0 bridgehead atoms. The van der Waals surface area contributed by atoms with Crippen molar-refractivity contribution in [3.63, 3.8) is 0 Å². The van der Waals surface area contributed by atoms with Crippen LogP contribution in [0.5, 0.6) is 0 Å². The molecule has 1 fully saturated rings. The third kappa shape index (κ3) is 6.03. The van der Waals surface area contributed by atoms with Crippen molar-refractivity contribution in [3.05, 3.63) is 0 Å². The van der Waals surface area contributed by atoms with Crippen molar-refractivity contribution in [2.75, 3.05) is 39.9 Å². The summed E-state index contributed by atoms with van der Waals surface area (Å²) in [5.74, 6) is 0.865. The van der Waals surface area contributed by atoms with Gasteiger partial charge in [-0.1, -0.05) is 6.92 Å². The zero-order chi connectivity index (χ0) is 12.5. The number of carbonyl (C=O) groups is 1. The molecule has 1 aliphatic rings. The second kappa shape index (κ2) is 8.48. The third-order valence-electron chi connectivity index (χ3n) is 3.38. The summed E-state index contributed by atoms with van der Waals surface area (Å²) in [4.78, 5) is 13.8. The molecule has 0 radical (unpaired) electrons. The van der Waals surface area contributed by atoms with Crippen LogP contribution in [0.4, 0.5) is 0 Å². The van der Waals surface area contributed by atoms with E-state index in [1.165, 1.54) is 12.8 Å². The van der Waals surface area contributed by atoms with Gasteiger partial charge in [-0.3, -0.25) is 4.79 Å². The number of rotatable bonds is 7. The van der Waals surface area contributed by atoms with Gasteiger partial charge in [0.2, 0.25) is 5.91 Å². The summed E-state index contributed by atoms with van der Waals surface area (Å²) in [5, 5.41) is 3.03. The van der Waals surface area contributed by atoms with E-state index < -0.39 is 0 Å². The highest BCUT2D eigenvalue weighted by Gasteiger charge is 2.18. The second-order valence-corrected chi connectivity index (χ2v) is 4.83. The minimum atomic E-state index is 0.203. The van der Waals surface area contributed by atoms with Crippen LogP contribution in [-0.4, -0.2) is 50.7 Å². The fourth-order valence-corrected chi connectivity index (χ4v) is 2.21. The number of methoxy groups -OCH3 is 1. The van der Waals surface area contributed by atoms with Gasteiger partial charge in [-0.15, -0.1) is 0 Å². The summed E-state index contributed by atoms with van der Waals surface area (Å²) < 4.78 is 5.08. The van der Waals surface area contributed by atoms with Gasteiger partial charge in [-0.05, 0) is 38.3 Å². The standard InChI is InChI=1S/C13H26N2O2/c1-3-4-13(16)14-11-12-5-7-15(8-6-12)9-10-17-2/h12H,3-11H2,1-2H3,(H,14,16). The zero-order valence-corrected chi connectivity index (χ0v) is 11.2. The number of carbonyl (C=O) groups excluding carboxylic acids is 1.